The highest BCUT2D eigenvalue weighted by Gasteiger charge is 2.18. The number of urea groups is 1. The van der Waals surface area contributed by atoms with Gasteiger partial charge in [0.05, 0.1) is 11.4 Å². The smallest absolute Gasteiger partial charge is 0.321 e. The van der Waals surface area contributed by atoms with Gasteiger partial charge in [0, 0.05) is 17.6 Å². The van der Waals surface area contributed by atoms with Crippen molar-refractivity contribution in [1.29, 1.82) is 0 Å². The van der Waals surface area contributed by atoms with Crippen molar-refractivity contribution in [1.82, 2.24) is 4.90 Å². The van der Waals surface area contributed by atoms with E-state index in [0.717, 1.165) is 36.0 Å². The molecule has 4 nitrogen and oxygen atoms in total. The first-order chi connectivity index (χ1) is 8.58. The molecule has 0 aliphatic carbocycles. The Hall–Kier alpha value is -1.23. The Labute approximate surface area is 116 Å². The number of hydrogen-bond acceptors (Lipinski definition) is 2. The van der Waals surface area contributed by atoms with Crippen LogP contribution in [0.25, 0.3) is 0 Å². The first kappa shape index (κ1) is 13.2. The van der Waals surface area contributed by atoms with Gasteiger partial charge in [-0.3, -0.25) is 0 Å². The van der Waals surface area contributed by atoms with Gasteiger partial charge in [-0.1, -0.05) is 0 Å². The number of carbonyl (C=O) groups is 1. The first-order valence-corrected chi connectivity index (χ1v) is 6.99. The van der Waals surface area contributed by atoms with E-state index in [-0.39, 0.29) is 6.03 Å². The van der Waals surface area contributed by atoms with Crippen molar-refractivity contribution in [2.45, 2.75) is 26.2 Å². The van der Waals surface area contributed by atoms with Gasteiger partial charge in [-0.15, -0.1) is 0 Å². The minimum atomic E-state index is -0.0639. The predicted molar refractivity (Wildman–Crippen MR) is 77.7 cm³/mol. The molecule has 0 radical (unpaired) electrons. The molecule has 1 aromatic rings. The molecule has 98 valence electrons. The van der Waals surface area contributed by atoms with Crippen molar-refractivity contribution in [3.05, 3.63) is 22.2 Å². The van der Waals surface area contributed by atoms with Crippen LogP contribution in [0.2, 0.25) is 0 Å². The lowest BCUT2D eigenvalue weighted by atomic mass is 10.1. The second-order valence-corrected chi connectivity index (χ2v) is 5.54. The van der Waals surface area contributed by atoms with E-state index in [9.17, 15) is 4.79 Å². The average Bonchev–Trinajstić information content (AvgIpc) is 2.34. The van der Waals surface area contributed by atoms with Gasteiger partial charge in [0.2, 0.25) is 0 Å². The monoisotopic (exact) mass is 311 g/mol. The Kier molecular flexibility index (Phi) is 4.11. The molecular weight excluding hydrogens is 294 g/mol. The third-order valence-electron chi connectivity index (χ3n) is 3.14. The van der Waals surface area contributed by atoms with Crippen LogP contribution < -0.4 is 11.1 Å². The minimum absolute atomic E-state index is 0.0639. The molecule has 2 amide bonds. The first-order valence-electron chi connectivity index (χ1n) is 6.19. The molecule has 0 unspecified atom stereocenters. The van der Waals surface area contributed by atoms with Crippen LogP contribution in [0.1, 0.15) is 24.8 Å². The van der Waals surface area contributed by atoms with Gasteiger partial charge < -0.3 is 16.0 Å². The number of aryl methyl sites for hydroxylation is 1. The Morgan fingerprint density at radius 1 is 1.33 bits per heavy atom. The van der Waals surface area contributed by atoms with Crippen LogP contribution in [0.5, 0.6) is 0 Å². The summed E-state index contributed by atoms with van der Waals surface area (Å²) in [7, 11) is 0. The van der Waals surface area contributed by atoms with E-state index in [0.29, 0.717) is 11.4 Å². The lowest BCUT2D eigenvalue weighted by Gasteiger charge is -2.27. The molecule has 18 heavy (non-hydrogen) atoms. The SMILES string of the molecule is Cc1cc(N)c(NC(=O)N2CCCCC2)c(Br)c1. The van der Waals surface area contributed by atoms with Gasteiger partial charge in [-0.05, 0) is 59.8 Å². The summed E-state index contributed by atoms with van der Waals surface area (Å²) in [5.74, 6) is 0. The number of nitrogens with one attached hydrogen (secondary N) is 1. The zero-order valence-corrected chi connectivity index (χ0v) is 12.1. The number of likely N-dealkylation sites (tertiary alicyclic amines) is 1. The number of benzene rings is 1. The van der Waals surface area contributed by atoms with Gasteiger partial charge in [-0.25, -0.2) is 4.79 Å². The highest BCUT2D eigenvalue weighted by molar-refractivity contribution is 9.10. The number of nitrogens with two attached hydrogens (primary N) is 1. The molecule has 0 aromatic heterocycles. The number of nitrogens with zero attached hydrogens (tertiary/aromatic N) is 1. The molecule has 1 heterocycles. The Balaban J connectivity index is 2.11. The van der Waals surface area contributed by atoms with Crippen LogP contribution in [-0.4, -0.2) is 24.0 Å². The van der Waals surface area contributed by atoms with Crippen molar-refractivity contribution >= 4 is 33.3 Å². The molecule has 1 aliphatic rings. The van der Waals surface area contributed by atoms with Crippen molar-refractivity contribution in [2.75, 3.05) is 24.1 Å². The standard InChI is InChI=1S/C13H18BrN3O/c1-9-7-10(14)12(11(15)8-9)16-13(18)17-5-3-2-4-6-17/h7-8H,2-6,15H2,1H3,(H,16,18). The number of amides is 2. The number of halogens is 1. The number of hydrogen-bond donors (Lipinski definition) is 2. The zero-order chi connectivity index (χ0) is 13.1. The van der Waals surface area contributed by atoms with Gasteiger partial charge in [-0.2, -0.15) is 0 Å². The van der Waals surface area contributed by atoms with Crippen molar-refractivity contribution in [2.24, 2.45) is 0 Å². The van der Waals surface area contributed by atoms with Crippen molar-refractivity contribution in [3.63, 3.8) is 0 Å². The Morgan fingerprint density at radius 3 is 2.61 bits per heavy atom. The van der Waals surface area contributed by atoms with E-state index in [1.54, 1.807) is 0 Å². The van der Waals surface area contributed by atoms with Crippen molar-refractivity contribution in [3.8, 4) is 0 Å². The van der Waals surface area contributed by atoms with Gasteiger partial charge in [0.25, 0.3) is 0 Å². The molecule has 1 saturated heterocycles. The lowest BCUT2D eigenvalue weighted by molar-refractivity contribution is 0.200. The zero-order valence-electron chi connectivity index (χ0n) is 10.5. The Morgan fingerprint density at radius 2 is 2.00 bits per heavy atom. The molecule has 1 aromatic carbocycles. The fourth-order valence-corrected chi connectivity index (χ4v) is 2.87. The normalized spacial score (nSPS) is 15.6. The summed E-state index contributed by atoms with van der Waals surface area (Å²) in [6, 6.07) is 3.74. The molecule has 1 aliphatic heterocycles. The maximum absolute atomic E-state index is 12.1. The molecule has 2 rings (SSSR count). The van der Waals surface area contributed by atoms with E-state index in [1.807, 2.05) is 24.0 Å². The second-order valence-electron chi connectivity index (χ2n) is 4.69. The van der Waals surface area contributed by atoms with Gasteiger partial charge in [0.1, 0.15) is 0 Å². The fraction of sp³-hybridized carbons (Fsp3) is 0.462. The molecular formula is C13H18BrN3O. The number of anilines is 2. The summed E-state index contributed by atoms with van der Waals surface area (Å²) in [4.78, 5) is 13.9. The van der Waals surface area contributed by atoms with Crippen LogP contribution in [0, 0.1) is 6.92 Å². The number of piperidine rings is 1. The maximum atomic E-state index is 12.1. The quantitative estimate of drug-likeness (QED) is 0.781. The third-order valence-corrected chi connectivity index (χ3v) is 3.77. The van der Waals surface area contributed by atoms with Crippen LogP contribution >= 0.6 is 15.9 Å². The summed E-state index contributed by atoms with van der Waals surface area (Å²) >= 11 is 3.44. The van der Waals surface area contributed by atoms with Crippen LogP contribution in [-0.2, 0) is 0 Å². The predicted octanol–water partition coefficient (Wildman–Crippen LogP) is 3.36. The average molecular weight is 312 g/mol. The maximum Gasteiger partial charge on any atom is 0.321 e. The largest absolute Gasteiger partial charge is 0.397 e. The summed E-state index contributed by atoms with van der Waals surface area (Å²) in [6.45, 7) is 3.63. The third kappa shape index (κ3) is 2.96. The number of nitrogen functional groups attached to an aromatic ring is 1. The molecule has 3 N–H and O–H groups in total. The van der Waals surface area contributed by atoms with Gasteiger partial charge in [0.15, 0.2) is 0 Å². The summed E-state index contributed by atoms with van der Waals surface area (Å²) in [5.41, 5.74) is 8.26. The van der Waals surface area contributed by atoms with E-state index >= 15 is 0 Å². The van der Waals surface area contributed by atoms with E-state index in [1.165, 1.54) is 6.42 Å². The summed E-state index contributed by atoms with van der Waals surface area (Å²) in [6.07, 6.45) is 3.37. The van der Waals surface area contributed by atoms with Crippen LogP contribution in [0.4, 0.5) is 16.2 Å². The lowest BCUT2D eigenvalue weighted by Crippen LogP contribution is -2.38. The van der Waals surface area contributed by atoms with Crippen molar-refractivity contribution < 1.29 is 4.79 Å². The van der Waals surface area contributed by atoms with E-state index in [2.05, 4.69) is 21.2 Å². The molecule has 5 heteroatoms. The summed E-state index contributed by atoms with van der Waals surface area (Å²) in [5, 5.41) is 2.89. The minimum Gasteiger partial charge on any atom is -0.397 e. The van der Waals surface area contributed by atoms with Crippen LogP contribution in [0.3, 0.4) is 0 Å². The second kappa shape index (κ2) is 5.61. The van der Waals surface area contributed by atoms with Gasteiger partial charge >= 0.3 is 6.03 Å². The molecule has 0 atom stereocenters. The Bertz CT molecular complexity index is 433. The highest BCUT2D eigenvalue weighted by atomic mass is 79.9. The van der Waals surface area contributed by atoms with Crippen LogP contribution in [0.15, 0.2) is 16.6 Å². The van der Waals surface area contributed by atoms with E-state index in [4.69, 9.17) is 5.73 Å². The molecule has 0 spiro atoms. The summed E-state index contributed by atoms with van der Waals surface area (Å²) < 4.78 is 0.824. The number of rotatable bonds is 1. The topological polar surface area (TPSA) is 58.4 Å². The fourth-order valence-electron chi connectivity index (χ4n) is 2.18. The number of carbonyl (C=O) groups excluding carboxylic acids is 1. The molecule has 0 saturated carbocycles. The van der Waals surface area contributed by atoms with E-state index < -0.39 is 0 Å². The highest BCUT2D eigenvalue weighted by Crippen LogP contribution is 2.30. The molecule has 0 bridgehead atoms. The molecule has 1 fully saturated rings.